The van der Waals surface area contributed by atoms with Gasteiger partial charge in [0.15, 0.2) is 0 Å². The van der Waals surface area contributed by atoms with Gasteiger partial charge >= 0.3 is 0 Å². The largest absolute Gasteiger partial charge is 0.482 e. The fraction of sp³-hybridized carbons (Fsp3) is 0.200. The van der Waals surface area contributed by atoms with Crippen LogP contribution in [0.3, 0.4) is 0 Å². The number of ether oxygens (including phenoxy) is 1. The Morgan fingerprint density at radius 2 is 2.14 bits per heavy atom. The highest BCUT2D eigenvalue weighted by molar-refractivity contribution is 5.93. The first-order valence-electron chi connectivity index (χ1n) is 6.26. The van der Waals surface area contributed by atoms with Crippen molar-refractivity contribution in [2.45, 2.75) is 20.1 Å². The van der Waals surface area contributed by atoms with Gasteiger partial charge in [0, 0.05) is 11.6 Å². The predicted octanol–water partition coefficient (Wildman–Crippen LogP) is 1.12. The molecule has 1 aromatic heterocycles. The van der Waals surface area contributed by atoms with Gasteiger partial charge in [0.05, 0.1) is 0 Å². The molecule has 0 aliphatic heterocycles. The van der Waals surface area contributed by atoms with Gasteiger partial charge in [-0.2, -0.15) is 0 Å². The normalized spacial score (nSPS) is 10.4. The van der Waals surface area contributed by atoms with Crippen LogP contribution in [0.2, 0.25) is 0 Å². The van der Waals surface area contributed by atoms with E-state index in [0.717, 1.165) is 11.1 Å². The average molecular weight is 289 g/mol. The van der Waals surface area contributed by atoms with E-state index in [1.165, 1.54) is 12.3 Å². The molecular weight excluding hydrogens is 274 g/mol. The van der Waals surface area contributed by atoms with Crippen LogP contribution in [0.5, 0.6) is 5.75 Å². The first-order chi connectivity index (χ1) is 10.0. The van der Waals surface area contributed by atoms with Gasteiger partial charge in [-0.25, -0.2) is 0 Å². The maximum absolute atomic E-state index is 11.7. The number of benzene rings is 1. The minimum atomic E-state index is -0.495. The molecule has 2 aromatic rings. The summed E-state index contributed by atoms with van der Waals surface area (Å²) in [4.78, 5) is 22.8. The lowest BCUT2D eigenvalue weighted by Gasteiger charge is -2.09. The third-order valence-electron chi connectivity index (χ3n) is 3.02. The monoisotopic (exact) mass is 289 g/mol. The molecule has 0 aliphatic rings. The highest BCUT2D eigenvalue weighted by atomic mass is 16.5. The Balaban J connectivity index is 2.13. The number of carbonyl (C=O) groups is 1. The molecule has 2 rings (SSSR count). The molecular formula is C15H15NO5. The highest BCUT2D eigenvalue weighted by Gasteiger charge is 2.07. The van der Waals surface area contributed by atoms with Gasteiger partial charge in [0.25, 0.3) is 0 Å². The molecule has 0 bridgehead atoms. The molecule has 0 atom stereocenters. The summed E-state index contributed by atoms with van der Waals surface area (Å²) < 4.78 is 10.4. The molecule has 0 spiro atoms. The highest BCUT2D eigenvalue weighted by Crippen LogP contribution is 2.14. The van der Waals surface area contributed by atoms with E-state index < -0.39 is 5.91 Å². The summed E-state index contributed by atoms with van der Waals surface area (Å²) in [5, 5.41) is 8.86. The van der Waals surface area contributed by atoms with Crippen LogP contribution in [-0.4, -0.2) is 11.0 Å². The van der Waals surface area contributed by atoms with Gasteiger partial charge in [-0.05, 0) is 30.2 Å². The van der Waals surface area contributed by atoms with Gasteiger partial charge in [-0.1, -0.05) is 6.07 Å². The fourth-order valence-corrected chi connectivity index (χ4v) is 1.79. The van der Waals surface area contributed by atoms with E-state index in [1.54, 1.807) is 18.2 Å². The molecule has 21 heavy (non-hydrogen) atoms. The quantitative estimate of drug-likeness (QED) is 0.858. The molecule has 1 amide bonds. The van der Waals surface area contributed by atoms with Crippen LogP contribution < -0.4 is 15.9 Å². The lowest BCUT2D eigenvalue weighted by Crippen LogP contribution is -2.12. The maximum atomic E-state index is 11.7. The molecule has 0 saturated heterocycles. The summed E-state index contributed by atoms with van der Waals surface area (Å²) in [6.07, 6.45) is 1.17. The number of rotatable bonds is 5. The van der Waals surface area contributed by atoms with Crippen molar-refractivity contribution >= 4 is 5.91 Å². The maximum Gasteiger partial charge on any atom is 0.248 e. The minimum Gasteiger partial charge on any atom is -0.482 e. The van der Waals surface area contributed by atoms with Crippen molar-refractivity contribution in [1.82, 2.24) is 0 Å². The number of carbonyl (C=O) groups excluding carboxylic acids is 1. The zero-order valence-electron chi connectivity index (χ0n) is 11.5. The van der Waals surface area contributed by atoms with Gasteiger partial charge in [-0.3, -0.25) is 9.59 Å². The molecule has 0 radical (unpaired) electrons. The van der Waals surface area contributed by atoms with E-state index in [2.05, 4.69) is 0 Å². The Bertz CT molecular complexity index is 720. The van der Waals surface area contributed by atoms with Gasteiger partial charge in [-0.15, -0.1) is 0 Å². The number of hydrogen-bond donors (Lipinski definition) is 2. The second-order valence-corrected chi connectivity index (χ2v) is 4.53. The SMILES string of the molecule is Cc1cc(C(N)=O)ccc1COc1coc(CO)cc1=O. The predicted molar refractivity (Wildman–Crippen MR) is 74.9 cm³/mol. The second-order valence-electron chi connectivity index (χ2n) is 4.53. The smallest absolute Gasteiger partial charge is 0.248 e. The van der Waals surface area contributed by atoms with Gasteiger partial charge in [0.1, 0.15) is 25.2 Å². The summed E-state index contributed by atoms with van der Waals surface area (Å²) in [5.41, 5.74) is 6.92. The van der Waals surface area contributed by atoms with Crippen molar-refractivity contribution < 1.29 is 19.1 Å². The first-order valence-corrected chi connectivity index (χ1v) is 6.26. The Morgan fingerprint density at radius 1 is 1.38 bits per heavy atom. The van der Waals surface area contributed by atoms with Crippen LogP contribution in [0.1, 0.15) is 27.2 Å². The standard InChI is InChI=1S/C15H15NO5/c1-9-4-10(15(16)19)2-3-11(9)7-21-14-8-20-12(6-17)5-13(14)18/h2-5,8,17H,6-7H2,1H3,(H2,16,19). The molecule has 6 heteroatoms. The molecule has 0 fully saturated rings. The van der Waals surface area contributed by atoms with E-state index in [1.807, 2.05) is 6.92 Å². The Morgan fingerprint density at radius 3 is 2.71 bits per heavy atom. The molecule has 110 valence electrons. The Kier molecular flexibility index (Phi) is 4.39. The number of aliphatic hydroxyl groups excluding tert-OH is 1. The topological polar surface area (TPSA) is 103 Å². The third kappa shape index (κ3) is 3.49. The lowest BCUT2D eigenvalue weighted by atomic mass is 10.1. The summed E-state index contributed by atoms with van der Waals surface area (Å²) in [7, 11) is 0. The summed E-state index contributed by atoms with van der Waals surface area (Å²) in [6, 6.07) is 6.17. The fourth-order valence-electron chi connectivity index (χ4n) is 1.79. The third-order valence-corrected chi connectivity index (χ3v) is 3.02. The number of hydrogen-bond acceptors (Lipinski definition) is 5. The van der Waals surface area contributed by atoms with Crippen LogP contribution in [0.25, 0.3) is 0 Å². The average Bonchev–Trinajstić information content (AvgIpc) is 2.46. The first kappa shape index (κ1) is 14.8. The van der Waals surface area contributed by atoms with Crippen molar-refractivity contribution in [2.24, 2.45) is 5.73 Å². The number of amides is 1. The summed E-state index contributed by atoms with van der Waals surface area (Å²) in [6.45, 7) is 1.64. The van der Waals surface area contributed by atoms with Gasteiger partial charge < -0.3 is 20.0 Å². The Labute approximate surface area is 120 Å². The van der Waals surface area contributed by atoms with Crippen molar-refractivity contribution in [2.75, 3.05) is 0 Å². The molecule has 1 aromatic carbocycles. The van der Waals surface area contributed by atoms with E-state index >= 15 is 0 Å². The van der Waals surface area contributed by atoms with E-state index in [9.17, 15) is 9.59 Å². The number of nitrogens with two attached hydrogens (primary N) is 1. The number of aliphatic hydroxyl groups is 1. The minimum absolute atomic E-state index is 0.0607. The Hall–Kier alpha value is -2.60. The van der Waals surface area contributed by atoms with Crippen LogP contribution in [0.4, 0.5) is 0 Å². The zero-order chi connectivity index (χ0) is 15.4. The number of primary amides is 1. The van der Waals surface area contributed by atoms with E-state index in [-0.39, 0.29) is 30.2 Å². The van der Waals surface area contributed by atoms with Crippen molar-refractivity contribution in [3.63, 3.8) is 0 Å². The van der Waals surface area contributed by atoms with Crippen molar-refractivity contribution in [3.05, 3.63) is 63.2 Å². The van der Waals surface area contributed by atoms with Crippen LogP contribution >= 0.6 is 0 Å². The number of aryl methyl sites for hydroxylation is 1. The molecule has 0 saturated carbocycles. The second kappa shape index (κ2) is 6.23. The summed E-state index contributed by atoms with van der Waals surface area (Å²) in [5.74, 6) is -0.259. The van der Waals surface area contributed by atoms with Crippen LogP contribution in [0.15, 0.2) is 39.7 Å². The molecule has 6 nitrogen and oxygen atoms in total. The van der Waals surface area contributed by atoms with Crippen LogP contribution in [-0.2, 0) is 13.2 Å². The van der Waals surface area contributed by atoms with Crippen molar-refractivity contribution in [1.29, 1.82) is 0 Å². The lowest BCUT2D eigenvalue weighted by molar-refractivity contribution is 0.1000. The molecule has 1 heterocycles. The van der Waals surface area contributed by atoms with E-state index in [0.29, 0.717) is 5.56 Å². The van der Waals surface area contributed by atoms with Gasteiger partial charge in [0.2, 0.25) is 17.1 Å². The van der Waals surface area contributed by atoms with E-state index in [4.69, 9.17) is 20.0 Å². The summed E-state index contributed by atoms with van der Waals surface area (Å²) >= 11 is 0. The van der Waals surface area contributed by atoms with Crippen molar-refractivity contribution in [3.8, 4) is 5.75 Å². The van der Waals surface area contributed by atoms with Crippen LogP contribution in [0, 0.1) is 6.92 Å². The molecule has 0 unspecified atom stereocenters. The molecule has 0 aliphatic carbocycles. The molecule has 3 N–H and O–H groups in total. The zero-order valence-corrected chi connectivity index (χ0v) is 11.5.